The van der Waals surface area contributed by atoms with Crippen molar-refractivity contribution < 1.29 is 0 Å². The van der Waals surface area contributed by atoms with Gasteiger partial charge in [-0.15, -0.1) is 0 Å². The molecular weight excluding hydrogens is 244 g/mol. The molecule has 0 aliphatic rings. The van der Waals surface area contributed by atoms with Crippen LogP contribution < -0.4 is 0 Å². The summed E-state index contributed by atoms with van der Waals surface area (Å²) < 4.78 is 0. The second kappa shape index (κ2) is 8.01. The molecule has 0 unspecified atom stereocenters. The Morgan fingerprint density at radius 1 is 1.20 bits per heavy atom. The highest BCUT2D eigenvalue weighted by molar-refractivity contribution is 5.62. The fourth-order valence-electron chi connectivity index (χ4n) is 1.90. The third-order valence-electron chi connectivity index (χ3n) is 3.02. The van der Waals surface area contributed by atoms with Crippen molar-refractivity contribution in [3.8, 4) is 23.1 Å². The summed E-state index contributed by atoms with van der Waals surface area (Å²) >= 11 is 0. The summed E-state index contributed by atoms with van der Waals surface area (Å²) in [7, 11) is 0. The highest BCUT2D eigenvalue weighted by Crippen LogP contribution is 2.17. The van der Waals surface area contributed by atoms with E-state index in [0.29, 0.717) is 0 Å². The molecule has 0 bridgehead atoms. The Labute approximate surface area is 120 Å². The van der Waals surface area contributed by atoms with Crippen LogP contribution in [0.3, 0.4) is 0 Å². The number of nitrogens with one attached hydrogen (secondary N) is 1. The lowest BCUT2D eigenvalue weighted by atomic mass is 10.1. The van der Waals surface area contributed by atoms with E-state index >= 15 is 0 Å². The molecule has 1 heterocycles. The Hall–Kier alpha value is -2.27. The first-order chi connectivity index (χ1) is 9.90. The minimum Gasteiger partial charge on any atom is -0.278 e. The van der Waals surface area contributed by atoms with Gasteiger partial charge in [-0.2, -0.15) is 5.10 Å². The quantitative estimate of drug-likeness (QED) is 0.617. The maximum atomic E-state index is 4.30. The molecule has 0 saturated carbocycles. The van der Waals surface area contributed by atoms with Crippen LogP contribution in [-0.4, -0.2) is 10.2 Å². The number of aromatic nitrogens is 2. The molecule has 2 nitrogen and oxygen atoms in total. The normalized spacial score (nSPS) is 10.4. The van der Waals surface area contributed by atoms with Gasteiger partial charge in [-0.1, -0.05) is 61.9 Å². The molecule has 0 saturated heterocycles. The zero-order valence-electron chi connectivity index (χ0n) is 11.9. The van der Waals surface area contributed by atoms with Gasteiger partial charge < -0.3 is 0 Å². The highest BCUT2D eigenvalue weighted by Gasteiger charge is 2.00. The lowest BCUT2D eigenvalue weighted by Gasteiger charge is -1.92. The average molecular weight is 264 g/mol. The molecule has 102 valence electrons. The van der Waals surface area contributed by atoms with Crippen molar-refractivity contribution in [2.75, 3.05) is 0 Å². The van der Waals surface area contributed by atoms with E-state index in [9.17, 15) is 0 Å². The fraction of sp³-hybridized carbons (Fsp3) is 0.278. The molecule has 1 N–H and O–H groups in total. The van der Waals surface area contributed by atoms with Crippen molar-refractivity contribution in [3.63, 3.8) is 0 Å². The van der Waals surface area contributed by atoms with Crippen LogP contribution in [-0.2, 0) is 0 Å². The smallest absolute Gasteiger partial charge is 0.0926 e. The minimum absolute atomic E-state index is 0.959. The van der Waals surface area contributed by atoms with Crippen molar-refractivity contribution in [1.29, 1.82) is 0 Å². The van der Waals surface area contributed by atoms with Gasteiger partial charge in [-0.25, -0.2) is 0 Å². The second-order valence-corrected chi connectivity index (χ2v) is 4.69. The van der Waals surface area contributed by atoms with Gasteiger partial charge in [0.05, 0.1) is 11.4 Å². The van der Waals surface area contributed by atoms with E-state index in [4.69, 9.17) is 0 Å². The average Bonchev–Trinajstić information content (AvgIpc) is 2.96. The molecule has 0 spiro atoms. The Morgan fingerprint density at radius 3 is 2.85 bits per heavy atom. The molecule has 1 aromatic carbocycles. The zero-order valence-corrected chi connectivity index (χ0v) is 11.9. The first-order valence-corrected chi connectivity index (χ1v) is 7.16. The van der Waals surface area contributed by atoms with Gasteiger partial charge >= 0.3 is 0 Å². The molecule has 20 heavy (non-hydrogen) atoms. The minimum atomic E-state index is 0.959. The summed E-state index contributed by atoms with van der Waals surface area (Å²) in [4.78, 5) is 0. The van der Waals surface area contributed by atoms with Crippen LogP contribution in [0.4, 0.5) is 0 Å². The first kappa shape index (κ1) is 14.1. The number of nitrogens with zero attached hydrogens (tertiary/aromatic N) is 1. The number of hydrogen-bond acceptors (Lipinski definition) is 1. The van der Waals surface area contributed by atoms with Crippen molar-refractivity contribution in [2.24, 2.45) is 0 Å². The fourth-order valence-corrected chi connectivity index (χ4v) is 1.90. The van der Waals surface area contributed by atoms with E-state index in [0.717, 1.165) is 23.4 Å². The van der Waals surface area contributed by atoms with Gasteiger partial charge in [0.25, 0.3) is 0 Å². The van der Waals surface area contributed by atoms with Gasteiger partial charge in [0.1, 0.15) is 0 Å². The summed E-state index contributed by atoms with van der Waals surface area (Å²) in [5, 5.41) is 7.31. The molecule has 1 aromatic heterocycles. The maximum absolute atomic E-state index is 4.30. The third kappa shape index (κ3) is 4.44. The van der Waals surface area contributed by atoms with Crippen molar-refractivity contribution in [3.05, 3.63) is 48.2 Å². The van der Waals surface area contributed by atoms with E-state index < -0.39 is 0 Å². The van der Waals surface area contributed by atoms with Crippen molar-refractivity contribution in [1.82, 2.24) is 10.2 Å². The van der Waals surface area contributed by atoms with Crippen LogP contribution in [0, 0.1) is 11.8 Å². The highest BCUT2D eigenvalue weighted by atomic mass is 15.1. The molecule has 0 fully saturated rings. The molecular formula is C18H20N2. The summed E-state index contributed by atoms with van der Waals surface area (Å²) in [5.41, 5.74) is 3.06. The van der Waals surface area contributed by atoms with Crippen molar-refractivity contribution >= 4 is 6.08 Å². The van der Waals surface area contributed by atoms with E-state index in [1.54, 1.807) is 0 Å². The first-order valence-electron chi connectivity index (χ1n) is 7.16. The second-order valence-electron chi connectivity index (χ2n) is 4.69. The lowest BCUT2D eigenvalue weighted by molar-refractivity contribution is 0.737. The van der Waals surface area contributed by atoms with E-state index in [2.05, 4.69) is 41.1 Å². The van der Waals surface area contributed by atoms with Gasteiger partial charge in [0, 0.05) is 12.0 Å². The van der Waals surface area contributed by atoms with Crippen LogP contribution in [0.1, 0.15) is 38.3 Å². The van der Waals surface area contributed by atoms with Gasteiger partial charge in [0.15, 0.2) is 0 Å². The van der Waals surface area contributed by atoms with E-state index in [-0.39, 0.29) is 0 Å². The summed E-state index contributed by atoms with van der Waals surface area (Å²) in [6, 6.07) is 12.2. The maximum Gasteiger partial charge on any atom is 0.0926 e. The molecule has 0 aliphatic carbocycles. The number of rotatable bonds is 5. The van der Waals surface area contributed by atoms with Crippen LogP contribution in [0.5, 0.6) is 0 Å². The Kier molecular flexibility index (Phi) is 5.67. The van der Waals surface area contributed by atoms with Crippen LogP contribution in [0.15, 0.2) is 42.5 Å². The van der Waals surface area contributed by atoms with E-state index in [1.807, 2.05) is 36.4 Å². The number of aromatic amines is 1. The number of hydrogen-bond donors (Lipinski definition) is 1. The van der Waals surface area contributed by atoms with Crippen LogP contribution >= 0.6 is 0 Å². The molecule has 0 amide bonds. The summed E-state index contributed by atoms with van der Waals surface area (Å²) in [6.07, 6.45) is 8.53. The Morgan fingerprint density at radius 2 is 2.05 bits per heavy atom. The lowest BCUT2D eigenvalue weighted by Crippen LogP contribution is -1.75. The molecule has 2 rings (SSSR count). The Balaban J connectivity index is 1.90. The third-order valence-corrected chi connectivity index (χ3v) is 3.02. The monoisotopic (exact) mass is 264 g/mol. The van der Waals surface area contributed by atoms with Crippen LogP contribution in [0.25, 0.3) is 17.3 Å². The number of unbranched alkanes of at least 4 members (excludes halogenated alkanes) is 3. The summed E-state index contributed by atoms with van der Waals surface area (Å²) in [5.74, 6) is 6.22. The molecule has 0 aliphatic heterocycles. The predicted octanol–water partition coefficient (Wildman–Crippen LogP) is 4.67. The van der Waals surface area contributed by atoms with Crippen molar-refractivity contribution in [2.45, 2.75) is 32.6 Å². The number of H-pyrrole nitrogens is 1. The van der Waals surface area contributed by atoms with Gasteiger partial charge in [0.2, 0.25) is 0 Å². The largest absolute Gasteiger partial charge is 0.278 e. The molecule has 2 heteroatoms. The summed E-state index contributed by atoms with van der Waals surface area (Å²) in [6.45, 7) is 2.20. The number of allylic oxidation sites excluding steroid dienone is 1. The standard InChI is InChI=1S/C18H20N2/c1-2-3-4-5-6-7-11-14-17-15-18(20-19-17)16-12-9-8-10-13-16/h8-15H,2-5H2,1H3,(H,19,20)/b14-11+. The Bertz CT molecular complexity index is 597. The topological polar surface area (TPSA) is 28.7 Å². The SMILES string of the molecule is CCCCCC#C/C=C/c1cc(-c2ccccc2)n[nH]1. The van der Waals surface area contributed by atoms with Gasteiger partial charge in [-0.3, -0.25) is 5.10 Å². The molecule has 2 aromatic rings. The van der Waals surface area contributed by atoms with E-state index in [1.165, 1.54) is 19.3 Å². The zero-order chi connectivity index (χ0) is 14.0. The molecule has 0 atom stereocenters. The van der Waals surface area contributed by atoms with Gasteiger partial charge in [-0.05, 0) is 24.6 Å². The number of benzene rings is 1. The van der Waals surface area contributed by atoms with Crippen LogP contribution in [0.2, 0.25) is 0 Å². The molecule has 0 radical (unpaired) electrons. The predicted molar refractivity (Wildman–Crippen MR) is 85.0 cm³/mol.